The number of hydrogen-bond donors (Lipinski definition) is 1. The van der Waals surface area contributed by atoms with Crippen LogP contribution in [0.4, 0.5) is 5.69 Å². The predicted octanol–water partition coefficient (Wildman–Crippen LogP) is 4.61. The van der Waals surface area contributed by atoms with E-state index < -0.39 is 0 Å². The quantitative estimate of drug-likeness (QED) is 0.643. The van der Waals surface area contributed by atoms with E-state index in [9.17, 15) is 9.59 Å². The van der Waals surface area contributed by atoms with Crippen molar-refractivity contribution in [1.29, 1.82) is 0 Å². The van der Waals surface area contributed by atoms with Gasteiger partial charge in [0, 0.05) is 29.9 Å². The zero-order chi connectivity index (χ0) is 20.6. The monoisotopic (exact) mass is 388 g/mol. The van der Waals surface area contributed by atoms with E-state index in [-0.39, 0.29) is 11.8 Å². The van der Waals surface area contributed by atoms with Crippen molar-refractivity contribution in [2.24, 2.45) is 0 Å². The third-order valence-electron chi connectivity index (χ3n) is 4.63. The van der Waals surface area contributed by atoms with Gasteiger partial charge in [-0.25, -0.2) is 0 Å². The molecule has 0 fully saturated rings. The highest BCUT2D eigenvalue weighted by atomic mass is 16.5. The summed E-state index contributed by atoms with van der Waals surface area (Å²) >= 11 is 0. The molecule has 148 valence electrons. The molecule has 0 radical (unpaired) electrons. The minimum Gasteiger partial charge on any atom is -0.497 e. The van der Waals surface area contributed by atoms with Gasteiger partial charge in [0.25, 0.3) is 11.8 Å². The molecular formula is C24H24N2O3. The summed E-state index contributed by atoms with van der Waals surface area (Å²) in [6.45, 7) is 3.11. The Balaban J connectivity index is 1.66. The lowest BCUT2D eigenvalue weighted by atomic mass is 10.1. The maximum atomic E-state index is 12.8. The second-order valence-electron chi connectivity index (χ2n) is 6.56. The lowest BCUT2D eigenvalue weighted by Gasteiger charge is -2.21. The van der Waals surface area contributed by atoms with Crippen LogP contribution in [0.25, 0.3) is 0 Å². The number of nitrogens with zero attached hydrogens (tertiary/aromatic N) is 1. The fourth-order valence-corrected chi connectivity index (χ4v) is 2.96. The van der Waals surface area contributed by atoms with E-state index in [0.717, 1.165) is 11.3 Å². The molecule has 0 heterocycles. The lowest BCUT2D eigenvalue weighted by Crippen LogP contribution is -2.30. The molecule has 0 unspecified atom stereocenters. The molecule has 0 aliphatic rings. The SMILES string of the molecule is CCN(Cc1ccccc1)C(=O)c1ccc(C(=O)Nc2ccc(OC)cc2)cc1. The van der Waals surface area contributed by atoms with E-state index in [1.165, 1.54) is 0 Å². The van der Waals surface area contributed by atoms with Crippen LogP contribution < -0.4 is 10.1 Å². The highest BCUT2D eigenvalue weighted by Gasteiger charge is 2.15. The first-order valence-corrected chi connectivity index (χ1v) is 9.49. The van der Waals surface area contributed by atoms with Crippen LogP contribution in [0.15, 0.2) is 78.9 Å². The molecule has 0 bridgehead atoms. The summed E-state index contributed by atoms with van der Waals surface area (Å²) in [7, 11) is 1.59. The predicted molar refractivity (Wildman–Crippen MR) is 114 cm³/mol. The summed E-state index contributed by atoms with van der Waals surface area (Å²) in [4.78, 5) is 27.0. The van der Waals surface area contributed by atoms with Crippen molar-refractivity contribution in [3.63, 3.8) is 0 Å². The summed E-state index contributed by atoms with van der Waals surface area (Å²) in [5.41, 5.74) is 2.81. The fraction of sp³-hybridized carbons (Fsp3) is 0.167. The minimum atomic E-state index is -0.231. The van der Waals surface area contributed by atoms with Gasteiger partial charge in [0.15, 0.2) is 0 Å². The van der Waals surface area contributed by atoms with Crippen LogP contribution >= 0.6 is 0 Å². The fourth-order valence-electron chi connectivity index (χ4n) is 2.96. The Bertz CT molecular complexity index is 952. The zero-order valence-electron chi connectivity index (χ0n) is 16.6. The van der Waals surface area contributed by atoms with Crippen LogP contribution in [-0.4, -0.2) is 30.4 Å². The Morgan fingerprint density at radius 1 is 0.862 bits per heavy atom. The average Bonchev–Trinajstić information content (AvgIpc) is 2.78. The first kappa shape index (κ1) is 20.1. The van der Waals surface area contributed by atoms with Crippen molar-refractivity contribution in [2.75, 3.05) is 19.0 Å². The smallest absolute Gasteiger partial charge is 0.255 e. The van der Waals surface area contributed by atoms with E-state index in [4.69, 9.17) is 4.74 Å². The molecule has 0 aromatic heterocycles. The highest BCUT2D eigenvalue weighted by molar-refractivity contribution is 6.05. The van der Waals surface area contributed by atoms with Gasteiger partial charge in [-0.2, -0.15) is 0 Å². The normalized spacial score (nSPS) is 10.3. The van der Waals surface area contributed by atoms with Crippen LogP contribution in [0.2, 0.25) is 0 Å². The summed E-state index contributed by atoms with van der Waals surface area (Å²) in [5.74, 6) is 0.436. The molecule has 3 aromatic carbocycles. The van der Waals surface area contributed by atoms with E-state index >= 15 is 0 Å². The van der Waals surface area contributed by atoms with Crippen molar-refractivity contribution in [3.05, 3.63) is 95.6 Å². The Morgan fingerprint density at radius 3 is 2.07 bits per heavy atom. The Labute approximate surface area is 170 Å². The Morgan fingerprint density at radius 2 is 1.48 bits per heavy atom. The zero-order valence-corrected chi connectivity index (χ0v) is 16.6. The van der Waals surface area contributed by atoms with Crippen molar-refractivity contribution < 1.29 is 14.3 Å². The molecule has 0 saturated heterocycles. The maximum absolute atomic E-state index is 12.8. The van der Waals surface area contributed by atoms with Crippen LogP contribution in [0.1, 0.15) is 33.2 Å². The summed E-state index contributed by atoms with van der Waals surface area (Å²) in [5, 5.41) is 2.83. The molecule has 1 N–H and O–H groups in total. The van der Waals surface area contributed by atoms with Gasteiger partial charge in [-0.05, 0) is 61.0 Å². The van der Waals surface area contributed by atoms with Gasteiger partial charge in [0.05, 0.1) is 7.11 Å². The number of nitrogens with one attached hydrogen (secondary N) is 1. The molecule has 3 rings (SSSR count). The molecular weight excluding hydrogens is 364 g/mol. The van der Waals surface area contributed by atoms with Crippen LogP contribution in [-0.2, 0) is 6.54 Å². The van der Waals surface area contributed by atoms with Gasteiger partial charge in [-0.15, -0.1) is 0 Å². The van der Waals surface area contributed by atoms with Crippen LogP contribution in [0, 0.1) is 0 Å². The van der Waals surface area contributed by atoms with Gasteiger partial charge in [-0.3, -0.25) is 9.59 Å². The number of methoxy groups -OCH3 is 1. The third kappa shape index (κ3) is 5.23. The molecule has 3 aromatic rings. The van der Waals surface area contributed by atoms with Gasteiger partial charge < -0.3 is 15.0 Å². The lowest BCUT2D eigenvalue weighted by molar-refractivity contribution is 0.0752. The number of hydrogen-bond acceptors (Lipinski definition) is 3. The number of amides is 2. The summed E-state index contributed by atoms with van der Waals surface area (Å²) in [6.07, 6.45) is 0. The molecule has 0 aliphatic heterocycles. The minimum absolute atomic E-state index is 0.0570. The number of carbonyl (C=O) groups is 2. The molecule has 0 atom stereocenters. The Hall–Kier alpha value is -3.60. The van der Waals surface area contributed by atoms with Gasteiger partial charge in [-0.1, -0.05) is 30.3 Å². The molecule has 0 saturated carbocycles. The third-order valence-corrected chi connectivity index (χ3v) is 4.63. The van der Waals surface area contributed by atoms with Crippen molar-refractivity contribution in [3.8, 4) is 5.75 Å². The van der Waals surface area contributed by atoms with Crippen LogP contribution in [0.5, 0.6) is 5.75 Å². The topological polar surface area (TPSA) is 58.6 Å². The highest BCUT2D eigenvalue weighted by Crippen LogP contribution is 2.17. The molecule has 5 nitrogen and oxygen atoms in total. The van der Waals surface area contributed by atoms with E-state index in [2.05, 4.69) is 5.32 Å². The molecule has 5 heteroatoms. The second kappa shape index (κ2) is 9.55. The van der Waals surface area contributed by atoms with E-state index in [0.29, 0.717) is 29.9 Å². The van der Waals surface area contributed by atoms with Crippen molar-refractivity contribution >= 4 is 17.5 Å². The largest absolute Gasteiger partial charge is 0.497 e. The molecule has 2 amide bonds. The second-order valence-corrected chi connectivity index (χ2v) is 6.56. The van der Waals surface area contributed by atoms with Crippen molar-refractivity contribution in [1.82, 2.24) is 4.90 Å². The molecule has 29 heavy (non-hydrogen) atoms. The van der Waals surface area contributed by atoms with E-state index in [1.54, 1.807) is 60.5 Å². The average molecular weight is 388 g/mol. The van der Waals surface area contributed by atoms with E-state index in [1.807, 2.05) is 37.3 Å². The first-order valence-electron chi connectivity index (χ1n) is 9.49. The number of ether oxygens (including phenoxy) is 1. The maximum Gasteiger partial charge on any atom is 0.255 e. The molecule has 0 aliphatic carbocycles. The number of rotatable bonds is 7. The first-order chi connectivity index (χ1) is 14.1. The number of benzene rings is 3. The molecule has 0 spiro atoms. The summed E-state index contributed by atoms with van der Waals surface area (Å²) < 4.78 is 5.11. The van der Waals surface area contributed by atoms with Crippen LogP contribution in [0.3, 0.4) is 0 Å². The van der Waals surface area contributed by atoms with Gasteiger partial charge in [0.2, 0.25) is 0 Å². The number of anilines is 1. The standard InChI is InChI=1S/C24H24N2O3/c1-3-26(17-18-7-5-4-6-8-18)24(28)20-11-9-19(10-12-20)23(27)25-21-13-15-22(29-2)16-14-21/h4-16H,3,17H2,1-2H3,(H,25,27). The van der Waals surface area contributed by atoms with Gasteiger partial charge in [0.1, 0.15) is 5.75 Å². The van der Waals surface area contributed by atoms with Crippen molar-refractivity contribution in [2.45, 2.75) is 13.5 Å². The Kier molecular flexibility index (Phi) is 6.63. The summed E-state index contributed by atoms with van der Waals surface area (Å²) in [6, 6.07) is 23.7. The van der Waals surface area contributed by atoms with Gasteiger partial charge >= 0.3 is 0 Å². The number of carbonyl (C=O) groups excluding carboxylic acids is 2.